The van der Waals surface area contributed by atoms with Crippen LogP contribution in [0.4, 0.5) is 0 Å². The van der Waals surface area contributed by atoms with Gasteiger partial charge in [-0.15, -0.1) is 0 Å². The molecular weight excluding hydrogens is 240 g/mol. The highest BCUT2D eigenvalue weighted by atomic mass is 16.5. The van der Waals surface area contributed by atoms with Crippen molar-refractivity contribution in [3.63, 3.8) is 0 Å². The van der Waals surface area contributed by atoms with Crippen LogP contribution in [0.1, 0.15) is 52.9 Å². The van der Waals surface area contributed by atoms with Crippen molar-refractivity contribution in [3.05, 3.63) is 0 Å². The van der Waals surface area contributed by atoms with Gasteiger partial charge in [0.15, 0.2) is 0 Å². The van der Waals surface area contributed by atoms with E-state index in [1.165, 1.54) is 0 Å². The third-order valence-electron chi connectivity index (χ3n) is 4.46. The molecule has 1 saturated heterocycles. The summed E-state index contributed by atoms with van der Waals surface area (Å²) in [6.07, 6.45) is 5.63. The summed E-state index contributed by atoms with van der Waals surface area (Å²) in [5.74, 6) is 0.868. The molecule has 1 amide bonds. The van der Waals surface area contributed by atoms with Crippen molar-refractivity contribution in [1.82, 2.24) is 10.2 Å². The molecule has 1 heterocycles. The average molecular weight is 268 g/mol. The lowest BCUT2D eigenvalue weighted by Crippen LogP contribution is -2.48. The predicted molar refractivity (Wildman–Crippen MR) is 75.7 cm³/mol. The Labute approximate surface area is 116 Å². The molecule has 0 aromatic carbocycles. The fourth-order valence-corrected chi connectivity index (χ4v) is 3.53. The Balaban J connectivity index is 2.15. The van der Waals surface area contributed by atoms with Gasteiger partial charge in [-0.25, -0.2) is 0 Å². The first-order chi connectivity index (χ1) is 9.08. The minimum absolute atomic E-state index is 0.00172. The Hall–Kier alpha value is -0.610. The zero-order valence-electron chi connectivity index (χ0n) is 12.7. The zero-order chi connectivity index (χ0) is 14.0. The minimum Gasteiger partial charge on any atom is -0.379 e. The summed E-state index contributed by atoms with van der Waals surface area (Å²) in [4.78, 5) is 14.7. The third-order valence-corrected chi connectivity index (χ3v) is 4.46. The lowest BCUT2D eigenvalue weighted by molar-refractivity contribution is -0.135. The van der Waals surface area contributed by atoms with Gasteiger partial charge in [-0.3, -0.25) is 10.1 Å². The summed E-state index contributed by atoms with van der Waals surface area (Å²) in [7, 11) is 1.77. The smallest absolute Gasteiger partial charge is 0.241 e. The summed E-state index contributed by atoms with van der Waals surface area (Å²) in [5, 5.41) is 3.51. The van der Waals surface area contributed by atoms with Crippen LogP contribution in [0, 0.1) is 5.92 Å². The van der Waals surface area contributed by atoms with E-state index in [1.54, 1.807) is 7.11 Å². The number of rotatable bonds is 5. The molecule has 1 N–H and O–H groups in total. The number of nitrogens with one attached hydrogen (secondary N) is 1. The summed E-state index contributed by atoms with van der Waals surface area (Å²) in [6, 6.07) is 0.271. The van der Waals surface area contributed by atoms with Crippen molar-refractivity contribution in [3.8, 4) is 0 Å². The quantitative estimate of drug-likeness (QED) is 0.830. The van der Waals surface area contributed by atoms with E-state index in [4.69, 9.17) is 4.74 Å². The molecule has 0 aromatic heterocycles. The van der Waals surface area contributed by atoms with Crippen molar-refractivity contribution >= 4 is 5.91 Å². The van der Waals surface area contributed by atoms with Gasteiger partial charge in [-0.2, -0.15) is 0 Å². The Morgan fingerprint density at radius 1 is 1.42 bits per heavy atom. The second-order valence-corrected chi connectivity index (χ2v) is 6.29. The normalized spacial score (nSPS) is 35.6. The molecule has 19 heavy (non-hydrogen) atoms. The van der Waals surface area contributed by atoms with Crippen LogP contribution in [0.3, 0.4) is 0 Å². The molecule has 1 saturated carbocycles. The van der Waals surface area contributed by atoms with Crippen LogP contribution in [-0.4, -0.2) is 42.3 Å². The van der Waals surface area contributed by atoms with Gasteiger partial charge in [0.2, 0.25) is 5.91 Å². The number of carbonyl (C=O) groups is 1. The van der Waals surface area contributed by atoms with Gasteiger partial charge < -0.3 is 9.64 Å². The molecule has 2 rings (SSSR count). The Morgan fingerprint density at radius 2 is 2.16 bits per heavy atom. The second kappa shape index (κ2) is 6.23. The maximum absolute atomic E-state index is 12.6. The van der Waals surface area contributed by atoms with Crippen LogP contribution in [0.2, 0.25) is 0 Å². The number of amides is 1. The zero-order valence-corrected chi connectivity index (χ0v) is 12.7. The van der Waals surface area contributed by atoms with Crippen molar-refractivity contribution in [2.75, 3.05) is 7.11 Å². The largest absolute Gasteiger partial charge is 0.379 e. The van der Waals surface area contributed by atoms with Crippen molar-refractivity contribution < 1.29 is 9.53 Å². The standard InChI is InChI=1S/C15H28N2O2/c1-5-11-15(18)17(14(16-11)9-10(2)3)12-7-6-8-13(12)19-4/h10-14,16H,5-9H2,1-4H3. The van der Waals surface area contributed by atoms with Crippen LogP contribution in [0.5, 0.6) is 0 Å². The highest BCUT2D eigenvalue weighted by Gasteiger charge is 2.45. The number of hydrogen-bond donors (Lipinski definition) is 1. The van der Waals surface area contributed by atoms with Crippen LogP contribution >= 0.6 is 0 Å². The fourth-order valence-electron chi connectivity index (χ4n) is 3.53. The Morgan fingerprint density at radius 3 is 2.74 bits per heavy atom. The molecule has 4 heteroatoms. The first-order valence-corrected chi connectivity index (χ1v) is 7.69. The van der Waals surface area contributed by atoms with Crippen molar-refractivity contribution in [2.24, 2.45) is 5.92 Å². The summed E-state index contributed by atoms with van der Waals surface area (Å²) >= 11 is 0. The molecular formula is C15H28N2O2. The monoisotopic (exact) mass is 268 g/mol. The predicted octanol–water partition coefficient (Wildman–Crippen LogP) is 2.14. The lowest BCUT2D eigenvalue weighted by atomic mass is 10.1. The number of ether oxygens (including phenoxy) is 1. The number of nitrogens with zero attached hydrogens (tertiary/aromatic N) is 1. The van der Waals surface area contributed by atoms with E-state index < -0.39 is 0 Å². The van der Waals surface area contributed by atoms with Gasteiger partial charge in [0.1, 0.15) is 0 Å². The maximum Gasteiger partial charge on any atom is 0.241 e. The fraction of sp³-hybridized carbons (Fsp3) is 0.933. The van der Waals surface area contributed by atoms with Gasteiger partial charge in [0.25, 0.3) is 0 Å². The highest BCUT2D eigenvalue weighted by molar-refractivity contribution is 5.84. The van der Waals surface area contributed by atoms with E-state index in [1.807, 2.05) is 0 Å². The van der Waals surface area contributed by atoms with Crippen LogP contribution in [0.25, 0.3) is 0 Å². The van der Waals surface area contributed by atoms with Crippen LogP contribution < -0.4 is 5.32 Å². The SMILES string of the molecule is CCC1NC(CC(C)C)N(C2CCCC2OC)C1=O. The molecule has 110 valence electrons. The van der Waals surface area contributed by atoms with Gasteiger partial charge in [-0.05, 0) is 38.0 Å². The minimum atomic E-state index is 0.00172. The van der Waals surface area contributed by atoms with E-state index >= 15 is 0 Å². The van der Waals surface area contributed by atoms with Crippen LogP contribution in [-0.2, 0) is 9.53 Å². The lowest BCUT2D eigenvalue weighted by Gasteiger charge is -2.34. The van der Waals surface area contributed by atoms with Gasteiger partial charge in [-0.1, -0.05) is 20.8 Å². The van der Waals surface area contributed by atoms with Crippen molar-refractivity contribution in [2.45, 2.75) is 77.2 Å². The molecule has 1 aliphatic carbocycles. The summed E-state index contributed by atoms with van der Waals surface area (Å²) in [6.45, 7) is 6.51. The number of hydrogen-bond acceptors (Lipinski definition) is 3. The van der Waals surface area contributed by atoms with Crippen LogP contribution in [0.15, 0.2) is 0 Å². The highest BCUT2D eigenvalue weighted by Crippen LogP contribution is 2.32. The molecule has 4 atom stereocenters. The summed E-state index contributed by atoms with van der Waals surface area (Å²) < 4.78 is 5.59. The number of carbonyl (C=O) groups excluding carboxylic acids is 1. The second-order valence-electron chi connectivity index (χ2n) is 6.29. The van der Waals surface area contributed by atoms with Crippen molar-refractivity contribution in [1.29, 1.82) is 0 Å². The molecule has 2 fully saturated rings. The average Bonchev–Trinajstić information content (AvgIpc) is 2.92. The molecule has 0 aromatic rings. The van der Waals surface area contributed by atoms with E-state index in [-0.39, 0.29) is 30.3 Å². The molecule has 2 aliphatic rings. The molecule has 0 radical (unpaired) electrons. The Kier molecular flexibility index (Phi) is 4.85. The Bertz CT molecular complexity index is 319. The first kappa shape index (κ1) is 14.8. The first-order valence-electron chi connectivity index (χ1n) is 7.69. The topological polar surface area (TPSA) is 41.6 Å². The van der Waals surface area contributed by atoms with E-state index in [0.717, 1.165) is 32.1 Å². The van der Waals surface area contributed by atoms with E-state index in [2.05, 4.69) is 31.0 Å². The maximum atomic E-state index is 12.6. The number of methoxy groups -OCH3 is 1. The van der Waals surface area contributed by atoms with Gasteiger partial charge in [0.05, 0.1) is 24.4 Å². The molecule has 0 spiro atoms. The summed E-state index contributed by atoms with van der Waals surface area (Å²) in [5.41, 5.74) is 0. The van der Waals surface area contributed by atoms with Gasteiger partial charge >= 0.3 is 0 Å². The third kappa shape index (κ3) is 2.95. The molecule has 4 unspecified atom stereocenters. The molecule has 0 bridgehead atoms. The van der Waals surface area contributed by atoms with E-state index in [9.17, 15) is 4.79 Å². The van der Waals surface area contributed by atoms with E-state index in [0.29, 0.717) is 5.92 Å². The van der Waals surface area contributed by atoms with Gasteiger partial charge in [0, 0.05) is 7.11 Å². The molecule has 4 nitrogen and oxygen atoms in total. The molecule has 1 aliphatic heterocycles.